The van der Waals surface area contributed by atoms with Gasteiger partial charge in [0, 0.05) is 31.4 Å². The van der Waals surface area contributed by atoms with Gasteiger partial charge in [0.25, 0.3) is 0 Å². The molecule has 0 aliphatic heterocycles. The van der Waals surface area contributed by atoms with Crippen molar-refractivity contribution < 1.29 is 13.2 Å². The first kappa shape index (κ1) is 13.0. The predicted molar refractivity (Wildman–Crippen MR) is 54.9 cm³/mol. The first-order chi connectivity index (χ1) is 7.42. The van der Waals surface area contributed by atoms with E-state index >= 15 is 0 Å². The Bertz CT molecular complexity index is 319. The summed E-state index contributed by atoms with van der Waals surface area (Å²) in [7, 11) is 1.78. The second kappa shape index (κ2) is 5.34. The molecular formula is C10H16F3N3. The van der Waals surface area contributed by atoms with E-state index in [1.54, 1.807) is 17.9 Å². The average Bonchev–Trinajstić information content (AvgIpc) is 2.58. The second-order valence-electron chi connectivity index (χ2n) is 3.73. The highest BCUT2D eigenvalue weighted by molar-refractivity contribution is 5.09. The summed E-state index contributed by atoms with van der Waals surface area (Å²) in [5.74, 6) is 0. The summed E-state index contributed by atoms with van der Waals surface area (Å²) in [6.45, 7) is 1.87. The summed E-state index contributed by atoms with van der Waals surface area (Å²) < 4.78 is 37.5. The van der Waals surface area contributed by atoms with Crippen LogP contribution in [-0.2, 0) is 7.05 Å². The molecule has 3 nitrogen and oxygen atoms in total. The molecule has 1 heterocycles. The molecule has 92 valence electrons. The van der Waals surface area contributed by atoms with Crippen LogP contribution in [0.2, 0.25) is 0 Å². The molecule has 0 bridgehead atoms. The fraction of sp³-hybridized carbons (Fsp3) is 0.700. The quantitative estimate of drug-likeness (QED) is 0.849. The minimum Gasteiger partial charge on any atom is -0.309 e. The van der Waals surface area contributed by atoms with E-state index in [4.69, 9.17) is 0 Å². The topological polar surface area (TPSA) is 29.9 Å². The van der Waals surface area contributed by atoms with Crippen LogP contribution in [0.4, 0.5) is 13.2 Å². The summed E-state index contributed by atoms with van der Waals surface area (Å²) in [4.78, 5) is 0. The first-order valence-electron chi connectivity index (χ1n) is 5.21. The third-order valence-corrected chi connectivity index (χ3v) is 2.33. The highest BCUT2D eigenvalue weighted by Crippen LogP contribution is 2.20. The zero-order valence-electron chi connectivity index (χ0n) is 9.38. The number of rotatable bonds is 5. The lowest BCUT2D eigenvalue weighted by Gasteiger charge is -2.15. The van der Waals surface area contributed by atoms with E-state index in [1.807, 2.05) is 13.1 Å². The van der Waals surface area contributed by atoms with Gasteiger partial charge in [-0.05, 0) is 6.42 Å². The minimum absolute atomic E-state index is 0.0586. The standard InChI is InChI=1S/C10H16F3N3/c1-3-9(8-6-15-16(2)7-8)14-5-4-10(11,12)13/h6-7,9,14H,3-5H2,1-2H3. The Morgan fingerprint density at radius 3 is 2.62 bits per heavy atom. The van der Waals surface area contributed by atoms with Crippen molar-refractivity contribution in [1.82, 2.24) is 15.1 Å². The lowest BCUT2D eigenvalue weighted by Crippen LogP contribution is -2.25. The average molecular weight is 235 g/mol. The van der Waals surface area contributed by atoms with Gasteiger partial charge >= 0.3 is 6.18 Å². The Labute approximate surface area is 92.6 Å². The summed E-state index contributed by atoms with van der Waals surface area (Å²) in [6, 6.07) is -0.0592. The highest BCUT2D eigenvalue weighted by Gasteiger charge is 2.26. The van der Waals surface area contributed by atoms with Gasteiger partial charge in [-0.25, -0.2) is 0 Å². The van der Waals surface area contributed by atoms with Crippen LogP contribution in [0.5, 0.6) is 0 Å². The van der Waals surface area contributed by atoms with E-state index in [0.29, 0.717) is 0 Å². The lowest BCUT2D eigenvalue weighted by molar-refractivity contribution is -0.133. The summed E-state index contributed by atoms with van der Waals surface area (Å²) in [6.07, 6.45) is -0.670. The predicted octanol–water partition coefficient (Wildman–Crippen LogP) is 2.41. The molecule has 0 saturated carbocycles. The Hall–Kier alpha value is -1.04. The third kappa shape index (κ3) is 4.22. The smallest absolute Gasteiger partial charge is 0.309 e. The van der Waals surface area contributed by atoms with Gasteiger partial charge in [0.1, 0.15) is 0 Å². The number of alkyl halides is 3. The molecule has 1 N–H and O–H groups in total. The van der Waals surface area contributed by atoms with Crippen molar-refractivity contribution in [2.24, 2.45) is 7.05 Å². The van der Waals surface area contributed by atoms with Crippen LogP contribution in [0.1, 0.15) is 31.4 Å². The lowest BCUT2D eigenvalue weighted by atomic mass is 10.1. The number of nitrogens with one attached hydrogen (secondary N) is 1. The molecule has 0 aliphatic rings. The molecule has 1 aromatic rings. The number of aromatic nitrogens is 2. The van der Waals surface area contributed by atoms with Crippen LogP contribution in [0, 0.1) is 0 Å². The molecule has 0 fully saturated rings. The summed E-state index contributed by atoms with van der Waals surface area (Å²) in [5, 5.41) is 6.88. The number of aryl methyl sites for hydroxylation is 1. The van der Waals surface area contributed by atoms with Crippen molar-refractivity contribution in [2.45, 2.75) is 32.0 Å². The van der Waals surface area contributed by atoms with E-state index in [-0.39, 0.29) is 12.6 Å². The van der Waals surface area contributed by atoms with Crippen molar-refractivity contribution in [3.63, 3.8) is 0 Å². The molecule has 1 rings (SSSR count). The molecule has 16 heavy (non-hydrogen) atoms. The monoisotopic (exact) mass is 235 g/mol. The van der Waals surface area contributed by atoms with E-state index in [2.05, 4.69) is 10.4 Å². The SMILES string of the molecule is CCC(NCCC(F)(F)F)c1cnn(C)c1. The molecular weight excluding hydrogens is 219 g/mol. The van der Waals surface area contributed by atoms with Crippen LogP contribution < -0.4 is 5.32 Å². The highest BCUT2D eigenvalue weighted by atomic mass is 19.4. The first-order valence-corrected chi connectivity index (χ1v) is 5.21. The number of hydrogen-bond donors (Lipinski definition) is 1. The van der Waals surface area contributed by atoms with E-state index < -0.39 is 12.6 Å². The summed E-state index contributed by atoms with van der Waals surface area (Å²) >= 11 is 0. The number of nitrogens with zero attached hydrogens (tertiary/aromatic N) is 2. The van der Waals surface area contributed by atoms with Crippen LogP contribution >= 0.6 is 0 Å². The second-order valence-corrected chi connectivity index (χ2v) is 3.73. The maximum atomic E-state index is 12.0. The normalized spacial score (nSPS) is 14.1. The molecule has 1 unspecified atom stereocenters. The van der Waals surface area contributed by atoms with Gasteiger partial charge in [0.05, 0.1) is 12.6 Å². The zero-order valence-corrected chi connectivity index (χ0v) is 9.38. The summed E-state index contributed by atoms with van der Waals surface area (Å²) in [5.41, 5.74) is 0.923. The Kier molecular flexibility index (Phi) is 4.35. The van der Waals surface area contributed by atoms with Crippen molar-refractivity contribution in [3.05, 3.63) is 18.0 Å². The van der Waals surface area contributed by atoms with E-state index in [1.165, 1.54) is 0 Å². The van der Waals surface area contributed by atoms with Gasteiger partial charge in [-0.15, -0.1) is 0 Å². The Morgan fingerprint density at radius 2 is 2.19 bits per heavy atom. The van der Waals surface area contributed by atoms with Crippen LogP contribution in [0.3, 0.4) is 0 Å². The Balaban J connectivity index is 2.44. The molecule has 0 radical (unpaired) electrons. The maximum Gasteiger partial charge on any atom is 0.390 e. The molecule has 0 aromatic carbocycles. The molecule has 0 saturated heterocycles. The van der Waals surface area contributed by atoms with Crippen LogP contribution in [0.25, 0.3) is 0 Å². The molecule has 6 heteroatoms. The Morgan fingerprint density at radius 1 is 1.50 bits per heavy atom. The fourth-order valence-electron chi connectivity index (χ4n) is 1.51. The molecule has 0 amide bonds. The van der Waals surface area contributed by atoms with Crippen molar-refractivity contribution in [3.8, 4) is 0 Å². The van der Waals surface area contributed by atoms with Crippen LogP contribution in [0.15, 0.2) is 12.4 Å². The van der Waals surface area contributed by atoms with E-state index in [9.17, 15) is 13.2 Å². The number of hydrogen-bond acceptors (Lipinski definition) is 2. The number of halogens is 3. The third-order valence-electron chi connectivity index (χ3n) is 2.33. The molecule has 1 atom stereocenters. The van der Waals surface area contributed by atoms with Crippen molar-refractivity contribution in [2.75, 3.05) is 6.54 Å². The fourth-order valence-corrected chi connectivity index (χ4v) is 1.51. The van der Waals surface area contributed by atoms with Gasteiger partial charge in [0.2, 0.25) is 0 Å². The minimum atomic E-state index is -4.10. The van der Waals surface area contributed by atoms with Crippen molar-refractivity contribution in [1.29, 1.82) is 0 Å². The van der Waals surface area contributed by atoms with E-state index in [0.717, 1.165) is 12.0 Å². The molecule has 0 spiro atoms. The zero-order chi connectivity index (χ0) is 12.2. The largest absolute Gasteiger partial charge is 0.390 e. The molecule has 0 aliphatic carbocycles. The van der Waals surface area contributed by atoms with Crippen molar-refractivity contribution >= 4 is 0 Å². The van der Waals surface area contributed by atoms with Crippen LogP contribution in [-0.4, -0.2) is 22.5 Å². The van der Waals surface area contributed by atoms with Gasteiger partial charge in [-0.3, -0.25) is 4.68 Å². The van der Waals surface area contributed by atoms with Gasteiger partial charge in [-0.1, -0.05) is 6.92 Å². The molecule has 1 aromatic heterocycles. The van der Waals surface area contributed by atoms with Gasteiger partial charge < -0.3 is 5.32 Å². The van der Waals surface area contributed by atoms with Gasteiger partial charge in [0.15, 0.2) is 0 Å². The maximum absolute atomic E-state index is 12.0. The van der Waals surface area contributed by atoms with Gasteiger partial charge in [-0.2, -0.15) is 18.3 Å².